The fourth-order valence-electron chi connectivity index (χ4n) is 3.55. The van der Waals surface area contributed by atoms with E-state index in [4.69, 9.17) is 9.72 Å². The normalized spacial score (nSPS) is 16.8. The molecule has 6 nitrogen and oxygen atoms in total. The maximum absolute atomic E-state index is 13.1. The van der Waals surface area contributed by atoms with Gasteiger partial charge in [-0.25, -0.2) is 4.98 Å². The van der Waals surface area contributed by atoms with Crippen LogP contribution in [-0.2, 0) is 0 Å². The van der Waals surface area contributed by atoms with Crippen molar-refractivity contribution in [3.05, 3.63) is 68.9 Å². The molecule has 1 aromatic carbocycles. The Balaban J connectivity index is 1.67. The van der Waals surface area contributed by atoms with Crippen LogP contribution in [0.3, 0.4) is 0 Å². The number of likely N-dealkylation sites (tertiary alicyclic amines) is 1. The van der Waals surface area contributed by atoms with Crippen molar-refractivity contribution in [2.24, 2.45) is 0 Å². The standard InChI is InChI=1S/C21H21N3O3S/c1-27-16-7-5-14(6-8-16)21(26)24-10-3-2-4-18(24)20-22-17(12-19(25)23-20)15-9-11-28-13-15/h5-9,11-13,18H,2-4,10H2,1H3,(H,22,23,25)/t18-/m0/s1. The van der Waals surface area contributed by atoms with Gasteiger partial charge in [-0.3, -0.25) is 9.59 Å². The molecule has 1 saturated heterocycles. The van der Waals surface area contributed by atoms with Crippen LogP contribution in [0.5, 0.6) is 5.75 Å². The van der Waals surface area contributed by atoms with E-state index in [1.165, 1.54) is 6.07 Å². The van der Waals surface area contributed by atoms with E-state index in [0.717, 1.165) is 24.8 Å². The van der Waals surface area contributed by atoms with E-state index in [1.807, 2.05) is 21.7 Å². The predicted molar refractivity (Wildman–Crippen MR) is 109 cm³/mol. The van der Waals surface area contributed by atoms with Gasteiger partial charge in [-0.2, -0.15) is 11.3 Å². The molecule has 0 saturated carbocycles. The average molecular weight is 395 g/mol. The molecule has 1 N–H and O–H groups in total. The first kappa shape index (κ1) is 18.4. The number of carbonyl (C=O) groups is 1. The largest absolute Gasteiger partial charge is 0.497 e. The maximum atomic E-state index is 13.1. The Morgan fingerprint density at radius 2 is 2.07 bits per heavy atom. The zero-order valence-electron chi connectivity index (χ0n) is 15.6. The summed E-state index contributed by atoms with van der Waals surface area (Å²) in [5, 5.41) is 3.92. The molecule has 3 aromatic rings. The molecule has 0 radical (unpaired) electrons. The van der Waals surface area contributed by atoms with Crippen molar-refractivity contribution in [3.63, 3.8) is 0 Å². The number of aromatic nitrogens is 2. The molecule has 2 aromatic heterocycles. The molecule has 28 heavy (non-hydrogen) atoms. The van der Waals surface area contributed by atoms with Crippen LogP contribution in [0.25, 0.3) is 11.3 Å². The van der Waals surface area contributed by atoms with Gasteiger partial charge in [-0.15, -0.1) is 0 Å². The van der Waals surface area contributed by atoms with Crippen LogP contribution in [0.1, 0.15) is 41.5 Å². The van der Waals surface area contributed by atoms with Gasteiger partial charge in [0.15, 0.2) is 0 Å². The first-order chi connectivity index (χ1) is 13.7. The maximum Gasteiger partial charge on any atom is 0.254 e. The van der Waals surface area contributed by atoms with Crippen molar-refractivity contribution < 1.29 is 9.53 Å². The Kier molecular flexibility index (Phi) is 5.25. The highest BCUT2D eigenvalue weighted by Gasteiger charge is 2.30. The number of methoxy groups -OCH3 is 1. The Hall–Kier alpha value is -2.93. The number of thiophene rings is 1. The van der Waals surface area contributed by atoms with Crippen LogP contribution in [0, 0.1) is 0 Å². The zero-order chi connectivity index (χ0) is 19.5. The summed E-state index contributed by atoms with van der Waals surface area (Å²) in [5.74, 6) is 1.20. The number of carbonyl (C=O) groups excluding carboxylic acids is 1. The van der Waals surface area contributed by atoms with Crippen LogP contribution in [0.4, 0.5) is 0 Å². The SMILES string of the molecule is COc1ccc(C(=O)N2CCCC[C@H]2c2nc(-c3ccsc3)cc(=O)[nH]2)cc1. The van der Waals surface area contributed by atoms with Gasteiger partial charge in [0.05, 0.1) is 18.8 Å². The molecule has 7 heteroatoms. The minimum atomic E-state index is -0.241. The second-order valence-electron chi connectivity index (χ2n) is 6.77. The lowest BCUT2D eigenvalue weighted by molar-refractivity contribution is 0.0599. The smallest absolute Gasteiger partial charge is 0.254 e. The molecule has 4 rings (SSSR count). The number of amides is 1. The fourth-order valence-corrected chi connectivity index (χ4v) is 4.20. The molecule has 1 aliphatic rings. The van der Waals surface area contributed by atoms with Gasteiger partial charge >= 0.3 is 0 Å². The van der Waals surface area contributed by atoms with E-state index >= 15 is 0 Å². The molecule has 0 spiro atoms. The van der Waals surface area contributed by atoms with Crippen molar-refractivity contribution in [3.8, 4) is 17.0 Å². The Morgan fingerprint density at radius 3 is 2.79 bits per heavy atom. The fraction of sp³-hybridized carbons (Fsp3) is 0.286. The summed E-state index contributed by atoms with van der Waals surface area (Å²) < 4.78 is 5.17. The monoisotopic (exact) mass is 395 g/mol. The summed E-state index contributed by atoms with van der Waals surface area (Å²) in [6.45, 7) is 0.641. The van der Waals surface area contributed by atoms with Gasteiger partial charge < -0.3 is 14.6 Å². The summed E-state index contributed by atoms with van der Waals surface area (Å²) in [7, 11) is 1.60. The van der Waals surface area contributed by atoms with Crippen molar-refractivity contribution in [2.45, 2.75) is 25.3 Å². The van der Waals surface area contributed by atoms with Gasteiger partial charge in [-0.05, 0) is 55.0 Å². The third kappa shape index (κ3) is 3.71. The number of piperidine rings is 1. The molecule has 144 valence electrons. The van der Waals surface area contributed by atoms with E-state index in [9.17, 15) is 9.59 Å². The summed E-state index contributed by atoms with van der Waals surface area (Å²) in [6, 6.07) is 10.3. The Morgan fingerprint density at radius 1 is 1.25 bits per heavy atom. The summed E-state index contributed by atoms with van der Waals surface area (Å²) in [6.07, 6.45) is 2.70. The second kappa shape index (κ2) is 7.98. The average Bonchev–Trinajstić information content (AvgIpc) is 3.28. The topological polar surface area (TPSA) is 75.3 Å². The highest BCUT2D eigenvalue weighted by molar-refractivity contribution is 7.08. The van der Waals surface area contributed by atoms with E-state index in [1.54, 1.807) is 42.7 Å². The number of nitrogens with zero attached hydrogens (tertiary/aromatic N) is 2. The van der Waals surface area contributed by atoms with E-state index < -0.39 is 0 Å². The lowest BCUT2D eigenvalue weighted by Gasteiger charge is -2.35. The van der Waals surface area contributed by atoms with Gasteiger partial charge in [0, 0.05) is 29.1 Å². The number of ether oxygens (including phenoxy) is 1. The number of hydrogen-bond donors (Lipinski definition) is 1. The van der Waals surface area contributed by atoms with E-state index in [0.29, 0.717) is 29.4 Å². The lowest BCUT2D eigenvalue weighted by Crippen LogP contribution is -2.39. The number of aromatic amines is 1. The number of nitrogens with one attached hydrogen (secondary N) is 1. The van der Waals surface area contributed by atoms with Gasteiger partial charge in [0.25, 0.3) is 11.5 Å². The number of rotatable bonds is 4. The van der Waals surface area contributed by atoms with Crippen molar-refractivity contribution in [1.29, 1.82) is 0 Å². The minimum Gasteiger partial charge on any atom is -0.497 e. The third-order valence-electron chi connectivity index (χ3n) is 4.99. The first-order valence-electron chi connectivity index (χ1n) is 9.24. The molecule has 0 bridgehead atoms. The van der Waals surface area contributed by atoms with Crippen LogP contribution in [0.2, 0.25) is 0 Å². The molecule has 0 unspecified atom stereocenters. The molecular formula is C21H21N3O3S. The Bertz CT molecular complexity index is 1010. The third-order valence-corrected chi connectivity index (χ3v) is 5.68. The second-order valence-corrected chi connectivity index (χ2v) is 7.55. The number of hydrogen-bond acceptors (Lipinski definition) is 5. The molecule has 1 aliphatic heterocycles. The molecule has 1 fully saturated rings. The lowest BCUT2D eigenvalue weighted by atomic mass is 9.99. The van der Waals surface area contributed by atoms with Crippen LogP contribution in [0.15, 0.2) is 52.0 Å². The summed E-state index contributed by atoms with van der Waals surface area (Å²) >= 11 is 1.56. The minimum absolute atomic E-state index is 0.0593. The van der Waals surface area contributed by atoms with Gasteiger partial charge in [0.2, 0.25) is 0 Å². The van der Waals surface area contributed by atoms with Crippen molar-refractivity contribution >= 4 is 17.2 Å². The van der Waals surface area contributed by atoms with Crippen molar-refractivity contribution in [1.82, 2.24) is 14.9 Å². The van der Waals surface area contributed by atoms with Crippen LogP contribution < -0.4 is 10.3 Å². The van der Waals surface area contributed by atoms with E-state index in [2.05, 4.69) is 4.98 Å². The molecule has 1 atom stereocenters. The van der Waals surface area contributed by atoms with Gasteiger partial charge in [0.1, 0.15) is 11.6 Å². The summed E-state index contributed by atoms with van der Waals surface area (Å²) in [5.41, 5.74) is 1.96. The van der Waals surface area contributed by atoms with Gasteiger partial charge in [-0.1, -0.05) is 0 Å². The van der Waals surface area contributed by atoms with E-state index in [-0.39, 0.29) is 17.5 Å². The molecule has 1 amide bonds. The molecule has 3 heterocycles. The Labute approximate surface area is 166 Å². The number of H-pyrrole nitrogens is 1. The van der Waals surface area contributed by atoms with Crippen LogP contribution >= 0.6 is 11.3 Å². The van der Waals surface area contributed by atoms with Crippen LogP contribution in [-0.4, -0.2) is 34.4 Å². The molecular weight excluding hydrogens is 374 g/mol. The van der Waals surface area contributed by atoms with Crippen molar-refractivity contribution in [2.75, 3.05) is 13.7 Å². The summed E-state index contributed by atoms with van der Waals surface area (Å²) in [4.78, 5) is 34.8. The predicted octanol–water partition coefficient (Wildman–Crippen LogP) is 3.87. The first-order valence-corrected chi connectivity index (χ1v) is 10.2. The highest BCUT2D eigenvalue weighted by atomic mass is 32.1. The quantitative estimate of drug-likeness (QED) is 0.728. The highest BCUT2D eigenvalue weighted by Crippen LogP contribution is 2.31. The molecule has 0 aliphatic carbocycles. The zero-order valence-corrected chi connectivity index (χ0v) is 16.4. The number of benzene rings is 1.